The quantitative estimate of drug-likeness (QED) is 0.694. The van der Waals surface area contributed by atoms with E-state index in [9.17, 15) is 4.79 Å². The molecule has 0 spiro atoms. The highest BCUT2D eigenvalue weighted by molar-refractivity contribution is 7.20. The monoisotopic (exact) mass is 315 g/mol. The number of aryl methyl sites for hydroxylation is 2. The van der Waals surface area contributed by atoms with Crippen molar-refractivity contribution in [3.8, 4) is 5.13 Å². The van der Waals surface area contributed by atoms with Crippen LogP contribution in [0, 0.1) is 13.8 Å². The fraction of sp³-hybridized carbons (Fsp3) is 0.312. The number of ether oxygens (including phenoxy) is 1. The fourth-order valence-electron chi connectivity index (χ4n) is 2.36. The molecule has 0 amide bonds. The first-order valence-corrected chi connectivity index (χ1v) is 7.90. The molecule has 0 N–H and O–H groups in total. The number of aromatic nitrogens is 3. The third-order valence-electron chi connectivity index (χ3n) is 3.45. The third-order valence-corrected chi connectivity index (χ3v) is 4.43. The summed E-state index contributed by atoms with van der Waals surface area (Å²) in [6.07, 6.45) is 2.46. The Bertz CT molecular complexity index is 816. The summed E-state index contributed by atoms with van der Waals surface area (Å²) in [7, 11) is 0. The Morgan fingerprint density at radius 2 is 2.05 bits per heavy atom. The summed E-state index contributed by atoms with van der Waals surface area (Å²) in [4.78, 5) is 19.8. The Morgan fingerprint density at radius 3 is 2.73 bits per heavy atom. The van der Waals surface area contributed by atoms with Crippen molar-refractivity contribution in [3.63, 3.8) is 0 Å². The van der Waals surface area contributed by atoms with Gasteiger partial charge < -0.3 is 4.74 Å². The number of esters is 1. The molecule has 5 nitrogen and oxygen atoms in total. The second-order valence-electron chi connectivity index (χ2n) is 5.20. The first-order valence-electron chi connectivity index (χ1n) is 7.09. The number of carbonyl (C=O) groups excluding carboxylic acids is 1. The minimum Gasteiger partial charge on any atom is -0.466 e. The molecule has 3 rings (SSSR count). The van der Waals surface area contributed by atoms with Crippen LogP contribution in [0.15, 0.2) is 24.4 Å². The fourth-order valence-corrected chi connectivity index (χ4v) is 3.47. The Balaban J connectivity index is 1.89. The van der Waals surface area contributed by atoms with E-state index in [-0.39, 0.29) is 5.97 Å². The lowest BCUT2D eigenvalue weighted by atomic mass is 10.2. The zero-order valence-electron chi connectivity index (χ0n) is 12.8. The number of nitrogens with zero attached hydrogens (tertiary/aromatic N) is 3. The van der Waals surface area contributed by atoms with Gasteiger partial charge in [-0.15, -0.1) is 0 Å². The molecular formula is C16H17N3O2S. The molecule has 0 atom stereocenters. The molecule has 0 fully saturated rings. The summed E-state index contributed by atoms with van der Waals surface area (Å²) >= 11 is 1.62. The lowest BCUT2D eigenvalue weighted by molar-refractivity contribution is -0.140. The van der Waals surface area contributed by atoms with E-state index in [2.05, 4.69) is 46.6 Å². The Kier molecular flexibility index (Phi) is 3.94. The van der Waals surface area contributed by atoms with E-state index < -0.39 is 0 Å². The zero-order chi connectivity index (χ0) is 15.7. The van der Waals surface area contributed by atoms with Gasteiger partial charge in [0.1, 0.15) is 0 Å². The van der Waals surface area contributed by atoms with E-state index in [0.29, 0.717) is 13.0 Å². The van der Waals surface area contributed by atoms with Crippen LogP contribution in [0.25, 0.3) is 15.5 Å². The van der Waals surface area contributed by atoms with Crippen LogP contribution in [0.5, 0.6) is 0 Å². The van der Waals surface area contributed by atoms with Crippen LogP contribution in [0.2, 0.25) is 0 Å². The normalized spacial score (nSPS) is 11.0. The lowest BCUT2D eigenvalue weighted by Crippen LogP contribution is -2.03. The van der Waals surface area contributed by atoms with Gasteiger partial charge in [-0.05, 0) is 37.6 Å². The van der Waals surface area contributed by atoms with Crippen LogP contribution in [0.1, 0.15) is 23.9 Å². The van der Waals surface area contributed by atoms with E-state index in [1.54, 1.807) is 17.5 Å². The standard InChI is InChI=1S/C16H17N3O2S/c1-10-4-5-11(2)19(10)16-18-15-14(22-16)8-13(9-17-15)6-7-21-12(3)20/h4-5,8-9H,6-7H2,1-3H3. The topological polar surface area (TPSA) is 57.0 Å². The van der Waals surface area contributed by atoms with E-state index >= 15 is 0 Å². The van der Waals surface area contributed by atoms with E-state index in [1.807, 2.05) is 0 Å². The number of hydrogen-bond donors (Lipinski definition) is 0. The summed E-state index contributed by atoms with van der Waals surface area (Å²) in [6.45, 7) is 5.93. The Hall–Kier alpha value is -2.21. The molecular weight excluding hydrogens is 298 g/mol. The van der Waals surface area contributed by atoms with Crippen LogP contribution in [0.3, 0.4) is 0 Å². The highest BCUT2D eigenvalue weighted by atomic mass is 32.1. The van der Waals surface area contributed by atoms with Gasteiger partial charge in [0.25, 0.3) is 0 Å². The Labute approximate surface area is 132 Å². The first kappa shape index (κ1) is 14.7. The molecule has 3 aromatic heterocycles. The van der Waals surface area contributed by atoms with Crippen molar-refractivity contribution in [2.24, 2.45) is 0 Å². The van der Waals surface area contributed by atoms with Crippen LogP contribution in [-0.4, -0.2) is 27.1 Å². The van der Waals surface area contributed by atoms with Gasteiger partial charge in [0.2, 0.25) is 0 Å². The average Bonchev–Trinajstić information content (AvgIpc) is 3.01. The largest absolute Gasteiger partial charge is 0.466 e. The molecule has 0 radical (unpaired) electrons. The number of rotatable bonds is 4. The molecule has 0 bridgehead atoms. The van der Waals surface area contributed by atoms with Gasteiger partial charge in [-0.25, -0.2) is 4.98 Å². The number of hydrogen-bond acceptors (Lipinski definition) is 5. The van der Waals surface area contributed by atoms with Crippen molar-refractivity contribution >= 4 is 27.7 Å². The summed E-state index contributed by atoms with van der Waals surface area (Å²) < 4.78 is 8.14. The van der Waals surface area contributed by atoms with Gasteiger partial charge in [-0.3, -0.25) is 9.36 Å². The molecule has 0 aromatic carbocycles. The van der Waals surface area contributed by atoms with Gasteiger partial charge in [-0.2, -0.15) is 4.98 Å². The second kappa shape index (κ2) is 5.88. The van der Waals surface area contributed by atoms with Crippen molar-refractivity contribution in [3.05, 3.63) is 41.3 Å². The minimum absolute atomic E-state index is 0.257. The second-order valence-corrected chi connectivity index (χ2v) is 6.21. The molecule has 22 heavy (non-hydrogen) atoms. The molecule has 0 aliphatic rings. The number of pyridine rings is 1. The van der Waals surface area contributed by atoms with Gasteiger partial charge >= 0.3 is 5.97 Å². The molecule has 0 unspecified atom stereocenters. The summed E-state index contributed by atoms with van der Waals surface area (Å²) in [5.74, 6) is -0.257. The van der Waals surface area contributed by atoms with Crippen molar-refractivity contribution in [1.29, 1.82) is 0 Å². The average molecular weight is 315 g/mol. The van der Waals surface area contributed by atoms with Gasteiger partial charge in [0.05, 0.1) is 11.3 Å². The zero-order valence-corrected chi connectivity index (χ0v) is 13.6. The van der Waals surface area contributed by atoms with Crippen molar-refractivity contribution in [2.75, 3.05) is 6.61 Å². The molecule has 0 saturated heterocycles. The summed E-state index contributed by atoms with van der Waals surface area (Å²) in [6, 6.07) is 6.24. The Morgan fingerprint density at radius 1 is 1.32 bits per heavy atom. The van der Waals surface area contributed by atoms with Gasteiger partial charge in [0, 0.05) is 30.9 Å². The minimum atomic E-state index is -0.257. The molecule has 0 aliphatic heterocycles. The maximum Gasteiger partial charge on any atom is 0.302 e. The summed E-state index contributed by atoms with van der Waals surface area (Å²) in [5, 5.41) is 0.930. The van der Waals surface area contributed by atoms with Crippen molar-refractivity contribution < 1.29 is 9.53 Å². The van der Waals surface area contributed by atoms with Gasteiger partial charge in [0.15, 0.2) is 10.8 Å². The molecule has 114 valence electrons. The van der Waals surface area contributed by atoms with E-state index in [4.69, 9.17) is 4.74 Å². The molecule has 3 heterocycles. The van der Waals surface area contributed by atoms with Crippen molar-refractivity contribution in [1.82, 2.24) is 14.5 Å². The molecule has 3 aromatic rings. The van der Waals surface area contributed by atoms with Crippen LogP contribution in [0.4, 0.5) is 0 Å². The smallest absolute Gasteiger partial charge is 0.302 e. The highest BCUT2D eigenvalue weighted by Crippen LogP contribution is 2.26. The number of fused-ring (bicyclic) bond motifs is 1. The van der Waals surface area contributed by atoms with Gasteiger partial charge in [-0.1, -0.05) is 11.3 Å². The van der Waals surface area contributed by atoms with E-state index in [1.165, 1.54) is 6.92 Å². The number of thiazole rings is 1. The third kappa shape index (κ3) is 2.87. The SMILES string of the molecule is CC(=O)OCCc1cnc2nc(-n3c(C)ccc3C)sc2c1. The maximum absolute atomic E-state index is 10.8. The summed E-state index contributed by atoms with van der Waals surface area (Å²) in [5.41, 5.74) is 4.12. The molecule has 6 heteroatoms. The predicted molar refractivity (Wildman–Crippen MR) is 86.6 cm³/mol. The molecule has 0 saturated carbocycles. The van der Waals surface area contributed by atoms with E-state index in [0.717, 1.165) is 32.4 Å². The van der Waals surface area contributed by atoms with Crippen LogP contribution < -0.4 is 0 Å². The lowest BCUT2D eigenvalue weighted by Gasteiger charge is -2.03. The highest BCUT2D eigenvalue weighted by Gasteiger charge is 2.11. The van der Waals surface area contributed by atoms with Crippen LogP contribution in [-0.2, 0) is 16.0 Å². The predicted octanol–water partition coefficient (Wildman–Crippen LogP) is 3.20. The van der Waals surface area contributed by atoms with Crippen LogP contribution >= 0.6 is 11.3 Å². The maximum atomic E-state index is 10.8. The first-order chi connectivity index (χ1) is 10.5. The number of carbonyl (C=O) groups is 1. The van der Waals surface area contributed by atoms with Crippen molar-refractivity contribution in [2.45, 2.75) is 27.2 Å². The molecule has 0 aliphatic carbocycles.